The Bertz CT molecular complexity index is 1050. The molecule has 3 aromatic rings. The molecule has 3 rings (SSSR count). The lowest BCUT2D eigenvalue weighted by atomic mass is 10.3. The van der Waals surface area contributed by atoms with E-state index in [1.165, 1.54) is 35.3 Å². The first-order valence-electron chi connectivity index (χ1n) is 6.99. The first-order chi connectivity index (χ1) is 11.9. The number of benzene rings is 2. The smallest absolute Gasteiger partial charge is 0.285 e. The van der Waals surface area contributed by atoms with Crippen LogP contribution in [0.2, 0.25) is 10.0 Å². The lowest BCUT2D eigenvalue weighted by Crippen LogP contribution is -2.31. The molecular formula is C16H11Cl2N3O3S. The van der Waals surface area contributed by atoms with Gasteiger partial charge in [0.1, 0.15) is 16.9 Å². The van der Waals surface area contributed by atoms with Crippen molar-refractivity contribution in [3.05, 3.63) is 76.8 Å². The van der Waals surface area contributed by atoms with Gasteiger partial charge in [-0.3, -0.25) is 4.79 Å². The van der Waals surface area contributed by atoms with Gasteiger partial charge < -0.3 is 4.57 Å². The molecule has 0 saturated heterocycles. The van der Waals surface area contributed by atoms with Crippen LogP contribution >= 0.6 is 23.2 Å². The summed E-state index contributed by atoms with van der Waals surface area (Å²) >= 11 is 12.0. The summed E-state index contributed by atoms with van der Waals surface area (Å²) in [4.78, 5) is 16.0. The number of halogens is 2. The predicted octanol–water partition coefficient (Wildman–Crippen LogP) is 3.30. The van der Waals surface area contributed by atoms with Crippen molar-refractivity contribution in [3.63, 3.8) is 0 Å². The van der Waals surface area contributed by atoms with Gasteiger partial charge in [-0.2, -0.15) is 0 Å². The van der Waals surface area contributed by atoms with Crippen molar-refractivity contribution in [1.82, 2.24) is 14.3 Å². The van der Waals surface area contributed by atoms with Gasteiger partial charge in [-0.25, -0.2) is 18.1 Å². The summed E-state index contributed by atoms with van der Waals surface area (Å²) in [5.74, 6) is -0.870. The van der Waals surface area contributed by atoms with Crippen molar-refractivity contribution in [2.75, 3.05) is 0 Å². The summed E-state index contributed by atoms with van der Waals surface area (Å²) in [5, 5.41) is 0.486. The van der Waals surface area contributed by atoms with Crippen LogP contribution in [-0.4, -0.2) is 23.9 Å². The minimum absolute atomic E-state index is 0.0180. The van der Waals surface area contributed by atoms with E-state index < -0.39 is 15.9 Å². The van der Waals surface area contributed by atoms with Crippen LogP contribution in [0.1, 0.15) is 10.5 Å². The lowest BCUT2D eigenvalue weighted by molar-refractivity contribution is 0.0977. The first-order valence-corrected chi connectivity index (χ1v) is 9.23. The number of nitrogens with one attached hydrogen (secondary N) is 1. The van der Waals surface area contributed by atoms with Crippen molar-refractivity contribution >= 4 is 39.1 Å². The molecule has 0 atom stereocenters. The molecule has 9 heteroatoms. The third kappa shape index (κ3) is 3.68. The van der Waals surface area contributed by atoms with E-state index in [0.29, 0.717) is 10.7 Å². The second kappa shape index (κ2) is 6.87. The third-order valence-corrected chi connectivity index (χ3v) is 5.45. The zero-order chi connectivity index (χ0) is 18.0. The molecule has 2 aromatic carbocycles. The highest BCUT2D eigenvalue weighted by Crippen LogP contribution is 2.21. The molecule has 0 unspecified atom stereocenters. The van der Waals surface area contributed by atoms with Crippen molar-refractivity contribution in [2.24, 2.45) is 0 Å². The molecule has 0 saturated carbocycles. The highest BCUT2D eigenvalue weighted by molar-refractivity contribution is 7.90. The molecule has 128 valence electrons. The van der Waals surface area contributed by atoms with E-state index in [9.17, 15) is 13.2 Å². The normalized spacial score (nSPS) is 11.3. The molecule has 1 aromatic heterocycles. The second-order valence-electron chi connectivity index (χ2n) is 4.98. The van der Waals surface area contributed by atoms with E-state index in [0.717, 1.165) is 0 Å². The minimum Gasteiger partial charge on any atom is -0.304 e. The number of rotatable bonds is 4. The monoisotopic (exact) mass is 395 g/mol. The van der Waals surface area contributed by atoms with Gasteiger partial charge in [-0.15, -0.1) is 0 Å². The zero-order valence-corrected chi connectivity index (χ0v) is 14.9. The molecule has 0 bridgehead atoms. The summed E-state index contributed by atoms with van der Waals surface area (Å²) in [6.07, 6.45) is 2.76. The number of carbonyl (C=O) groups is 1. The van der Waals surface area contributed by atoms with Gasteiger partial charge in [0.2, 0.25) is 0 Å². The number of hydrogen-bond acceptors (Lipinski definition) is 4. The molecule has 0 radical (unpaired) electrons. The third-order valence-electron chi connectivity index (χ3n) is 3.30. The Morgan fingerprint density at radius 1 is 1.00 bits per heavy atom. The van der Waals surface area contributed by atoms with Crippen LogP contribution in [0.4, 0.5) is 0 Å². The number of aromatic nitrogens is 2. The zero-order valence-electron chi connectivity index (χ0n) is 12.6. The van der Waals surface area contributed by atoms with E-state index in [-0.39, 0.29) is 15.6 Å². The van der Waals surface area contributed by atoms with Gasteiger partial charge in [0.25, 0.3) is 15.9 Å². The van der Waals surface area contributed by atoms with E-state index in [1.54, 1.807) is 30.3 Å². The number of nitrogens with zero attached hydrogens (tertiary/aromatic N) is 2. The van der Waals surface area contributed by atoms with Crippen molar-refractivity contribution < 1.29 is 13.2 Å². The molecule has 0 spiro atoms. The minimum atomic E-state index is -4.11. The maximum absolute atomic E-state index is 12.3. The molecule has 0 fully saturated rings. The van der Waals surface area contributed by atoms with Crippen molar-refractivity contribution in [3.8, 4) is 5.69 Å². The lowest BCUT2D eigenvalue weighted by Gasteiger charge is -2.07. The Morgan fingerprint density at radius 2 is 1.64 bits per heavy atom. The quantitative estimate of drug-likeness (QED) is 0.734. The van der Waals surface area contributed by atoms with Gasteiger partial charge in [-0.1, -0.05) is 47.5 Å². The summed E-state index contributed by atoms with van der Waals surface area (Å²) in [5.41, 5.74) is 0.542. The molecule has 0 aliphatic carbocycles. The maximum atomic E-state index is 12.3. The summed E-state index contributed by atoms with van der Waals surface area (Å²) < 4.78 is 28.1. The average molecular weight is 396 g/mol. The molecule has 1 heterocycles. The number of para-hydroxylation sites is 1. The number of imidazole rings is 1. The number of carbonyl (C=O) groups excluding carboxylic acids is 1. The number of hydrogen-bond donors (Lipinski definition) is 1. The van der Waals surface area contributed by atoms with E-state index in [4.69, 9.17) is 23.2 Å². The second-order valence-corrected chi connectivity index (χ2v) is 7.45. The van der Waals surface area contributed by atoms with E-state index in [1.807, 2.05) is 4.72 Å². The summed E-state index contributed by atoms with van der Waals surface area (Å²) in [6.45, 7) is 0. The van der Waals surface area contributed by atoms with Crippen molar-refractivity contribution in [1.29, 1.82) is 0 Å². The van der Waals surface area contributed by atoms with Crippen LogP contribution in [-0.2, 0) is 10.0 Å². The SMILES string of the molecule is O=C(NS(=O)(=O)c1ccccc1Cl)c1cn(-c2ccccc2Cl)cn1. The standard InChI is InChI=1S/C16H11Cl2N3O3S/c17-11-5-1-3-7-14(11)21-9-13(19-10-21)16(22)20-25(23,24)15-8-4-2-6-12(15)18/h1-10H,(H,20,22). The molecule has 0 aliphatic rings. The molecule has 6 nitrogen and oxygen atoms in total. The van der Waals surface area contributed by atoms with Gasteiger partial charge in [0.05, 0.1) is 15.7 Å². The van der Waals surface area contributed by atoms with Crippen LogP contribution in [0.5, 0.6) is 0 Å². The Hall–Kier alpha value is -2.35. The predicted molar refractivity (Wildman–Crippen MR) is 94.7 cm³/mol. The Kier molecular flexibility index (Phi) is 4.80. The Morgan fingerprint density at radius 3 is 2.32 bits per heavy atom. The van der Waals surface area contributed by atoms with Gasteiger partial charge in [-0.05, 0) is 24.3 Å². The van der Waals surface area contributed by atoms with Crippen LogP contribution in [0.25, 0.3) is 5.69 Å². The fourth-order valence-electron chi connectivity index (χ4n) is 2.12. The highest BCUT2D eigenvalue weighted by Gasteiger charge is 2.22. The van der Waals surface area contributed by atoms with Crippen LogP contribution in [0.3, 0.4) is 0 Å². The summed E-state index contributed by atoms with van der Waals surface area (Å²) in [6, 6.07) is 12.8. The summed E-state index contributed by atoms with van der Waals surface area (Å²) in [7, 11) is -4.11. The highest BCUT2D eigenvalue weighted by atomic mass is 35.5. The molecular weight excluding hydrogens is 385 g/mol. The molecule has 1 amide bonds. The topological polar surface area (TPSA) is 81.1 Å². The molecule has 0 aliphatic heterocycles. The van der Waals surface area contributed by atoms with Gasteiger partial charge in [0.15, 0.2) is 0 Å². The number of sulfonamides is 1. The van der Waals surface area contributed by atoms with Crippen LogP contribution < -0.4 is 4.72 Å². The van der Waals surface area contributed by atoms with Gasteiger partial charge in [0, 0.05) is 6.20 Å². The number of amides is 1. The van der Waals surface area contributed by atoms with Crippen molar-refractivity contribution in [2.45, 2.75) is 4.90 Å². The fraction of sp³-hybridized carbons (Fsp3) is 0. The maximum Gasteiger partial charge on any atom is 0.285 e. The first kappa shape index (κ1) is 17.5. The van der Waals surface area contributed by atoms with Gasteiger partial charge >= 0.3 is 0 Å². The fourth-order valence-corrected chi connectivity index (χ4v) is 3.84. The van der Waals surface area contributed by atoms with Crippen LogP contribution in [0.15, 0.2) is 66.0 Å². The average Bonchev–Trinajstić information content (AvgIpc) is 3.05. The Balaban J connectivity index is 1.86. The van der Waals surface area contributed by atoms with E-state index in [2.05, 4.69) is 4.98 Å². The molecule has 1 N–H and O–H groups in total. The van der Waals surface area contributed by atoms with E-state index >= 15 is 0 Å². The largest absolute Gasteiger partial charge is 0.304 e. The Labute approximate surface area is 154 Å². The molecule has 25 heavy (non-hydrogen) atoms. The van der Waals surface area contributed by atoms with Crippen LogP contribution in [0, 0.1) is 0 Å².